The van der Waals surface area contributed by atoms with E-state index in [4.69, 9.17) is 37.0 Å². The minimum atomic E-state index is -4.94. The van der Waals surface area contributed by atoms with Crippen molar-refractivity contribution in [2.24, 2.45) is 23.7 Å². The van der Waals surface area contributed by atoms with Crippen LogP contribution in [0.15, 0.2) is 0 Å². The SMILES string of the molecule is CCC(C)CCCCCCCCCCC(=O)O[C@H](COC(=O)CCCCCCCCC(C)C)COP(=O)(O)OC[C@H](O)COP(=O)(O)OC[C@@H](COC(=O)CCCCCCCCCCC(C)C)OC(=O)CCCCCCCCCC(C)C. The van der Waals surface area contributed by atoms with Crippen molar-refractivity contribution in [1.82, 2.24) is 0 Å². The molecule has 0 saturated carbocycles. The van der Waals surface area contributed by atoms with E-state index in [9.17, 15) is 43.2 Å². The van der Waals surface area contributed by atoms with Gasteiger partial charge in [0.15, 0.2) is 12.2 Å². The van der Waals surface area contributed by atoms with Crippen molar-refractivity contribution in [3.8, 4) is 0 Å². The summed E-state index contributed by atoms with van der Waals surface area (Å²) in [7, 11) is -9.89. The molecule has 0 aliphatic carbocycles. The van der Waals surface area contributed by atoms with E-state index in [1.54, 1.807) is 0 Å². The molecule has 0 bridgehead atoms. The van der Waals surface area contributed by atoms with Gasteiger partial charge < -0.3 is 33.8 Å². The van der Waals surface area contributed by atoms with Gasteiger partial charge >= 0.3 is 39.5 Å². The van der Waals surface area contributed by atoms with Gasteiger partial charge in [0, 0.05) is 25.7 Å². The maximum Gasteiger partial charge on any atom is 0.472 e. The van der Waals surface area contributed by atoms with Gasteiger partial charge in [0.25, 0.3) is 0 Å². The number of ether oxygens (including phenoxy) is 4. The zero-order chi connectivity index (χ0) is 61.1. The van der Waals surface area contributed by atoms with Gasteiger partial charge in [0.1, 0.15) is 19.3 Å². The maximum atomic E-state index is 13.0. The summed E-state index contributed by atoms with van der Waals surface area (Å²) in [6, 6.07) is 0. The van der Waals surface area contributed by atoms with Crippen molar-refractivity contribution in [3.63, 3.8) is 0 Å². The first-order chi connectivity index (χ1) is 39.1. The Bertz CT molecular complexity index is 1650. The van der Waals surface area contributed by atoms with E-state index in [0.717, 1.165) is 108 Å². The Hall–Kier alpha value is -1.94. The Balaban J connectivity index is 5.25. The normalized spacial score (nSPS) is 14.8. The molecule has 0 saturated heterocycles. The molecule has 0 fully saturated rings. The highest BCUT2D eigenvalue weighted by Crippen LogP contribution is 2.45. The van der Waals surface area contributed by atoms with E-state index in [-0.39, 0.29) is 25.7 Å². The molecule has 3 N–H and O–H groups in total. The average molecular weight is 1210 g/mol. The van der Waals surface area contributed by atoms with Gasteiger partial charge in [-0.25, -0.2) is 9.13 Å². The van der Waals surface area contributed by atoms with Gasteiger partial charge in [0.05, 0.1) is 26.4 Å². The zero-order valence-corrected chi connectivity index (χ0v) is 54.9. The van der Waals surface area contributed by atoms with Crippen molar-refractivity contribution in [3.05, 3.63) is 0 Å². The molecule has 0 amide bonds. The van der Waals surface area contributed by atoms with Gasteiger partial charge in [-0.3, -0.25) is 37.3 Å². The number of unbranched alkanes of at least 4 members (excludes halogenated alkanes) is 25. The molecule has 0 aromatic carbocycles. The van der Waals surface area contributed by atoms with Crippen LogP contribution in [0.3, 0.4) is 0 Å². The quantitative estimate of drug-likeness (QED) is 0.0222. The van der Waals surface area contributed by atoms with Crippen molar-refractivity contribution < 1.29 is 80.2 Å². The number of rotatable bonds is 60. The number of carbonyl (C=O) groups excluding carboxylic acids is 4. The highest BCUT2D eigenvalue weighted by molar-refractivity contribution is 7.47. The second-order valence-electron chi connectivity index (χ2n) is 24.5. The van der Waals surface area contributed by atoms with Crippen LogP contribution in [0.1, 0.15) is 299 Å². The monoisotopic (exact) mass is 1210 g/mol. The molecule has 3 unspecified atom stereocenters. The highest BCUT2D eigenvalue weighted by Gasteiger charge is 2.30. The van der Waals surface area contributed by atoms with Crippen LogP contribution in [0.5, 0.6) is 0 Å². The van der Waals surface area contributed by atoms with E-state index in [2.05, 4.69) is 55.4 Å². The lowest BCUT2D eigenvalue weighted by Gasteiger charge is -2.21. The van der Waals surface area contributed by atoms with Gasteiger partial charge in [0.2, 0.25) is 0 Å². The number of hydrogen-bond donors (Lipinski definition) is 3. The van der Waals surface area contributed by atoms with Crippen LogP contribution in [0.2, 0.25) is 0 Å². The standard InChI is InChI=1S/C63H122O17P2/c1-9-56(8)42-34-26-17-11-13-19-29-37-45-62(67)79-59(50-74-61(66)44-36-28-22-21-25-33-41-55(6)7)52-78-82(71,72)76-48-57(64)47-75-81(69,70)77-51-58(80-63(68)46-38-30-20-14-16-24-32-40-54(4)5)49-73-60(65)43-35-27-18-12-10-15-23-31-39-53(2)3/h53-59,64H,9-52H2,1-8H3,(H,69,70)(H,71,72)/t56?,57-,58-,59-/m1/s1. The largest absolute Gasteiger partial charge is 0.472 e. The fraction of sp³-hybridized carbons (Fsp3) is 0.937. The number of aliphatic hydroxyl groups is 1. The summed E-state index contributed by atoms with van der Waals surface area (Å²) >= 11 is 0. The molecule has 6 atom stereocenters. The van der Waals surface area contributed by atoms with E-state index in [1.807, 2.05) is 0 Å². The number of hydrogen-bond acceptors (Lipinski definition) is 15. The molecular weight excluding hydrogens is 1090 g/mol. The Morgan fingerprint density at radius 2 is 0.585 bits per heavy atom. The fourth-order valence-electron chi connectivity index (χ4n) is 9.22. The molecule has 486 valence electrons. The molecule has 0 radical (unpaired) electrons. The second-order valence-corrected chi connectivity index (χ2v) is 27.4. The van der Waals surface area contributed by atoms with E-state index >= 15 is 0 Å². The van der Waals surface area contributed by atoms with Crippen LogP contribution in [0.25, 0.3) is 0 Å². The number of phosphoric acid groups is 2. The summed E-state index contributed by atoms with van der Waals surface area (Å²) in [6.07, 6.45) is 32.3. The van der Waals surface area contributed by atoms with E-state index in [0.29, 0.717) is 37.5 Å². The molecule has 0 aromatic rings. The van der Waals surface area contributed by atoms with Crippen LogP contribution in [0.4, 0.5) is 0 Å². The third-order valence-corrected chi connectivity index (χ3v) is 16.6. The predicted octanol–water partition coefficient (Wildman–Crippen LogP) is 17.0. The maximum absolute atomic E-state index is 13.0. The number of aliphatic hydroxyl groups excluding tert-OH is 1. The van der Waals surface area contributed by atoms with Crippen molar-refractivity contribution in [2.45, 2.75) is 318 Å². The minimum Gasteiger partial charge on any atom is -0.462 e. The van der Waals surface area contributed by atoms with Gasteiger partial charge in [-0.2, -0.15) is 0 Å². The van der Waals surface area contributed by atoms with Crippen molar-refractivity contribution >= 4 is 39.5 Å². The summed E-state index contributed by atoms with van der Waals surface area (Å²) in [5.74, 6) is 0.726. The summed E-state index contributed by atoms with van der Waals surface area (Å²) in [5, 5.41) is 10.5. The third-order valence-electron chi connectivity index (χ3n) is 14.7. The van der Waals surface area contributed by atoms with E-state index in [1.165, 1.54) is 96.3 Å². The lowest BCUT2D eigenvalue weighted by atomic mass is 9.99. The molecule has 19 heteroatoms. The van der Waals surface area contributed by atoms with E-state index < -0.39 is 97.5 Å². The van der Waals surface area contributed by atoms with Gasteiger partial charge in [-0.05, 0) is 49.4 Å². The summed E-state index contributed by atoms with van der Waals surface area (Å²) in [6.45, 7) is 13.9. The predicted molar refractivity (Wildman–Crippen MR) is 326 cm³/mol. The molecular formula is C63H122O17P2. The molecule has 0 aromatic heterocycles. The van der Waals surface area contributed by atoms with Gasteiger partial charge in [-0.15, -0.1) is 0 Å². The van der Waals surface area contributed by atoms with Crippen LogP contribution in [-0.4, -0.2) is 96.7 Å². The summed E-state index contributed by atoms with van der Waals surface area (Å²) in [5.41, 5.74) is 0. The summed E-state index contributed by atoms with van der Waals surface area (Å²) < 4.78 is 67.9. The van der Waals surface area contributed by atoms with Crippen LogP contribution < -0.4 is 0 Å². The number of esters is 4. The first kappa shape index (κ1) is 80.1. The molecule has 17 nitrogen and oxygen atoms in total. The highest BCUT2D eigenvalue weighted by atomic mass is 31.2. The molecule has 0 heterocycles. The Morgan fingerprint density at radius 1 is 0.341 bits per heavy atom. The number of carbonyl (C=O) groups is 4. The van der Waals surface area contributed by atoms with Crippen LogP contribution >= 0.6 is 15.6 Å². The van der Waals surface area contributed by atoms with Crippen LogP contribution in [-0.2, 0) is 65.4 Å². The molecule has 0 rings (SSSR count). The van der Waals surface area contributed by atoms with Crippen molar-refractivity contribution in [2.75, 3.05) is 39.6 Å². The lowest BCUT2D eigenvalue weighted by molar-refractivity contribution is -0.161. The van der Waals surface area contributed by atoms with Crippen LogP contribution in [0, 0.1) is 23.7 Å². The first-order valence-electron chi connectivity index (χ1n) is 32.7. The Kier molecular flexibility index (Phi) is 52.0. The fourth-order valence-corrected chi connectivity index (χ4v) is 10.8. The first-order valence-corrected chi connectivity index (χ1v) is 35.7. The smallest absolute Gasteiger partial charge is 0.462 e. The van der Waals surface area contributed by atoms with Gasteiger partial charge in [-0.1, -0.05) is 248 Å². The number of phosphoric ester groups is 2. The average Bonchev–Trinajstić information content (AvgIpc) is 3.43. The Labute approximate surface area is 498 Å². The van der Waals surface area contributed by atoms with Crippen molar-refractivity contribution in [1.29, 1.82) is 0 Å². The third kappa shape index (κ3) is 55.9. The molecule has 0 aliphatic rings. The second kappa shape index (κ2) is 53.3. The molecule has 0 aliphatic heterocycles. The topological polar surface area (TPSA) is 237 Å². The Morgan fingerprint density at radius 3 is 0.866 bits per heavy atom. The zero-order valence-electron chi connectivity index (χ0n) is 53.1. The molecule has 0 spiro atoms. The lowest BCUT2D eigenvalue weighted by Crippen LogP contribution is -2.30. The summed E-state index contributed by atoms with van der Waals surface area (Å²) in [4.78, 5) is 72.1. The molecule has 82 heavy (non-hydrogen) atoms. The minimum absolute atomic E-state index is 0.102.